The number of ether oxygens (including phenoxy) is 1. The van der Waals surface area contributed by atoms with Gasteiger partial charge in [-0.2, -0.15) is 0 Å². The summed E-state index contributed by atoms with van der Waals surface area (Å²) in [5.41, 5.74) is 0.189. The monoisotopic (exact) mass is 248 g/mol. The average molecular weight is 249 g/mol. The number of hydrogen-bond acceptors (Lipinski definition) is 1. The predicted molar refractivity (Wildman–Crippen MR) is 60.4 cm³/mol. The van der Waals surface area contributed by atoms with Crippen LogP contribution in [-0.4, -0.2) is 17.5 Å². The molecule has 0 bridgehead atoms. The maximum absolute atomic E-state index is 6.00. The van der Waals surface area contributed by atoms with Crippen LogP contribution in [0.15, 0.2) is 0 Å². The lowest BCUT2D eigenvalue weighted by atomic mass is 10.1. The standard InChI is InChI=1S/C11H21BrO/c1-10(2)5-8-13-11(9-12)6-3-4-7-11/h10H,3-9H2,1-2H3. The SMILES string of the molecule is CC(C)CCOC1(CBr)CCCC1. The van der Waals surface area contributed by atoms with Crippen molar-refractivity contribution in [3.63, 3.8) is 0 Å². The summed E-state index contributed by atoms with van der Waals surface area (Å²) in [5, 5.41) is 1.01. The van der Waals surface area contributed by atoms with E-state index < -0.39 is 0 Å². The third-order valence-corrected chi connectivity index (χ3v) is 3.88. The largest absolute Gasteiger partial charge is 0.374 e. The molecule has 1 fully saturated rings. The van der Waals surface area contributed by atoms with Crippen molar-refractivity contribution >= 4 is 15.9 Å². The normalized spacial score (nSPS) is 21.2. The Morgan fingerprint density at radius 3 is 2.38 bits per heavy atom. The second-order valence-corrected chi connectivity index (χ2v) is 5.12. The van der Waals surface area contributed by atoms with E-state index in [4.69, 9.17) is 4.74 Å². The average Bonchev–Trinajstić information content (AvgIpc) is 2.53. The Bertz CT molecular complexity index is 139. The molecule has 1 aliphatic rings. The third-order valence-electron chi connectivity index (χ3n) is 2.86. The molecule has 0 N–H and O–H groups in total. The fraction of sp³-hybridized carbons (Fsp3) is 1.00. The highest BCUT2D eigenvalue weighted by atomic mass is 79.9. The fourth-order valence-electron chi connectivity index (χ4n) is 1.85. The summed E-state index contributed by atoms with van der Waals surface area (Å²) in [7, 11) is 0. The molecule has 1 nitrogen and oxygen atoms in total. The van der Waals surface area contributed by atoms with Gasteiger partial charge in [-0.15, -0.1) is 0 Å². The van der Waals surface area contributed by atoms with Crippen LogP contribution in [0.25, 0.3) is 0 Å². The van der Waals surface area contributed by atoms with Crippen molar-refractivity contribution in [1.82, 2.24) is 0 Å². The fourth-order valence-corrected chi connectivity index (χ4v) is 2.57. The third kappa shape index (κ3) is 3.59. The molecule has 0 unspecified atom stereocenters. The highest BCUT2D eigenvalue weighted by Gasteiger charge is 2.33. The molecule has 0 aromatic heterocycles. The molecule has 0 aromatic carbocycles. The minimum Gasteiger partial charge on any atom is -0.374 e. The Balaban J connectivity index is 2.23. The van der Waals surface area contributed by atoms with Gasteiger partial charge in [-0.1, -0.05) is 42.6 Å². The molecular weight excluding hydrogens is 228 g/mol. The van der Waals surface area contributed by atoms with E-state index in [1.54, 1.807) is 0 Å². The van der Waals surface area contributed by atoms with Crippen LogP contribution in [0.5, 0.6) is 0 Å². The lowest BCUT2D eigenvalue weighted by molar-refractivity contribution is -0.0257. The Hall–Kier alpha value is 0.440. The summed E-state index contributed by atoms with van der Waals surface area (Å²) in [5.74, 6) is 0.758. The Kier molecular flexibility index (Phi) is 4.74. The molecule has 0 heterocycles. The van der Waals surface area contributed by atoms with E-state index in [1.807, 2.05) is 0 Å². The van der Waals surface area contributed by atoms with Crippen LogP contribution in [0.1, 0.15) is 46.0 Å². The van der Waals surface area contributed by atoms with E-state index in [2.05, 4.69) is 29.8 Å². The van der Waals surface area contributed by atoms with Gasteiger partial charge in [0.15, 0.2) is 0 Å². The first kappa shape index (κ1) is 11.5. The lowest BCUT2D eigenvalue weighted by Gasteiger charge is -2.27. The Labute approximate surface area is 90.4 Å². The quantitative estimate of drug-likeness (QED) is 0.674. The molecule has 1 saturated carbocycles. The number of rotatable bonds is 5. The van der Waals surface area contributed by atoms with Crippen LogP contribution in [0.2, 0.25) is 0 Å². The van der Waals surface area contributed by atoms with Crippen molar-refractivity contribution < 1.29 is 4.74 Å². The first-order valence-corrected chi connectivity index (χ1v) is 6.51. The van der Waals surface area contributed by atoms with Gasteiger partial charge in [0.2, 0.25) is 0 Å². The van der Waals surface area contributed by atoms with Gasteiger partial charge in [0.1, 0.15) is 0 Å². The van der Waals surface area contributed by atoms with E-state index in [0.29, 0.717) is 0 Å². The minimum absolute atomic E-state index is 0.189. The van der Waals surface area contributed by atoms with Gasteiger partial charge in [0.05, 0.1) is 5.60 Å². The summed E-state index contributed by atoms with van der Waals surface area (Å²) in [6.07, 6.45) is 6.36. The van der Waals surface area contributed by atoms with Gasteiger partial charge >= 0.3 is 0 Å². The maximum atomic E-state index is 6.00. The summed E-state index contributed by atoms with van der Waals surface area (Å²) in [6.45, 7) is 5.43. The molecule has 0 spiro atoms. The smallest absolute Gasteiger partial charge is 0.0778 e. The van der Waals surface area contributed by atoms with Crippen LogP contribution in [0, 0.1) is 5.92 Å². The van der Waals surface area contributed by atoms with Gasteiger partial charge in [-0.3, -0.25) is 0 Å². The van der Waals surface area contributed by atoms with Crippen molar-refractivity contribution in [2.45, 2.75) is 51.6 Å². The lowest BCUT2D eigenvalue weighted by Crippen LogP contribution is -2.31. The van der Waals surface area contributed by atoms with E-state index in [1.165, 1.54) is 32.1 Å². The van der Waals surface area contributed by atoms with Crippen molar-refractivity contribution in [1.29, 1.82) is 0 Å². The van der Waals surface area contributed by atoms with Gasteiger partial charge in [-0.05, 0) is 25.2 Å². The highest BCUT2D eigenvalue weighted by molar-refractivity contribution is 9.09. The Morgan fingerprint density at radius 1 is 1.31 bits per heavy atom. The maximum Gasteiger partial charge on any atom is 0.0778 e. The van der Waals surface area contributed by atoms with Crippen LogP contribution in [0.3, 0.4) is 0 Å². The first-order valence-electron chi connectivity index (χ1n) is 5.38. The van der Waals surface area contributed by atoms with E-state index in [-0.39, 0.29) is 5.60 Å². The summed E-state index contributed by atoms with van der Waals surface area (Å²) in [6, 6.07) is 0. The molecule has 0 saturated heterocycles. The zero-order valence-electron chi connectivity index (χ0n) is 8.81. The first-order chi connectivity index (χ1) is 6.18. The second kappa shape index (κ2) is 5.35. The van der Waals surface area contributed by atoms with Crippen molar-refractivity contribution in [3.05, 3.63) is 0 Å². The molecule has 0 radical (unpaired) electrons. The zero-order valence-corrected chi connectivity index (χ0v) is 10.4. The molecule has 1 aliphatic carbocycles. The van der Waals surface area contributed by atoms with Gasteiger partial charge in [0.25, 0.3) is 0 Å². The molecule has 2 heteroatoms. The molecule has 1 rings (SSSR count). The molecule has 0 atom stereocenters. The van der Waals surface area contributed by atoms with Crippen LogP contribution < -0.4 is 0 Å². The van der Waals surface area contributed by atoms with Gasteiger partial charge in [-0.25, -0.2) is 0 Å². The molecule has 0 amide bonds. The Morgan fingerprint density at radius 2 is 1.92 bits per heavy atom. The van der Waals surface area contributed by atoms with Crippen LogP contribution >= 0.6 is 15.9 Å². The van der Waals surface area contributed by atoms with E-state index >= 15 is 0 Å². The highest BCUT2D eigenvalue weighted by Crippen LogP contribution is 2.34. The number of halogens is 1. The van der Waals surface area contributed by atoms with Gasteiger partial charge in [0, 0.05) is 11.9 Å². The molecular formula is C11H21BrO. The van der Waals surface area contributed by atoms with Crippen molar-refractivity contribution in [3.8, 4) is 0 Å². The van der Waals surface area contributed by atoms with Crippen molar-refractivity contribution in [2.75, 3.05) is 11.9 Å². The summed E-state index contributed by atoms with van der Waals surface area (Å²) < 4.78 is 6.00. The zero-order chi connectivity index (χ0) is 9.73. The number of hydrogen-bond donors (Lipinski definition) is 0. The minimum atomic E-state index is 0.189. The summed E-state index contributed by atoms with van der Waals surface area (Å²) >= 11 is 3.58. The second-order valence-electron chi connectivity index (χ2n) is 4.55. The molecule has 0 aliphatic heterocycles. The molecule has 78 valence electrons. The van der Waals surface area contributed by atoms with Gasteiger partial charge < -0.3 is 4.74 Å². The van der Waals surface area contributed by atoms with E-state index in [9.17, 15) is 0 Å². The summed E-state index contributed by atoms with van der Waals surface area (Å²) in [4.78, 5) is 0. The predicted octanol–water partition coefficient (Wildman–Crippen LogP) is 3.76. The van der Waals surface area contributed by atoms with Crippen molar-refractivity contribution in [2.24, 2.45) is 5.92 Å². The number of alkyl halides is 1. The van der Waals surface area contributed by atoms with Crippen LogP contribution in [-0.2, 0) is 4.74 Å². The molecule has 0 aromatic rings. The molecule has 13 heavy (non-hydrogen) atoms. The van der Waals surface area contributed by atoms with Crippen LogP contribution in [0.4, 0.5) is 0 Å². The topological polar surface area (TPSA) is 9.23 Å². The van der Waals surface area contributed by atoms with E-state index in [0.717, 1.165) is 17.9 Å².